The number of esters is 1. The molecule has 0 fully saturated rings. The second kappa shape index (κ2) is 11.7. The first-order valence-electron chi connectivity index (χ1n) is 7.89. The summed E-state index contributed by atoms with van der Waals surface area (Å²) >= 11 is 0. The van der Waals surface area contributed by atoms with E-state index in [1.165, 1.54) is 0 Å². The van der Waals surface area contributed by atoms with Gasteiger partial charge in [-0.05, 0) is 24.6 Å². The van der Waals surface area contributed by atoms with Gasteiger partial charge < -0.3 is 14.2 Å². The first-order valence-corrected chi connectivity index (χ1v) is 7.89. The first-order chi connectivity index (χ1) is 11.2. The Kier molecular flexibility index (Phi) is 9.75. The molecule has 0 bridgehead atoms. The summed E-state index contributed by atoms with van der Waals surface area (Å²) in [6.07, 6.45) is 2.11. The molecule has 0 saturated heterocycles. The van der Waals surface area contributed by atoms with Crippen LogP contribution in [0.5, 0.6) is 5.75 Å². The minimum Gasteiger partial charge on any atom is -0.490 e. The van der Waals surface area contributed by atoms with Crippen molar-refractivity contribution in [3.8, 4) is 5.75 Å². The Bertz CT molecular complexity index is 459. The van der Waals surface area contributed by atoms with Gasteiger partial charge in [0.1, 0.15) is 12.4 Å². The quantitative estimate of drug-likeness (QED) is 0.437. The fraction of sp³-hybridized carbons (Fsp3) is 0.500. The summed E-state index contributed by atoms with van der Waals surface area (Å²) < 4.78 is 15.6. The van der Waals surface area contributed by atoms with Crippen LogP contribution in [0.25, 0.3) is 0 Å². The number of rotatable bonds is 12. The number of methoxy groups -OCH3 is 1. The normalized spacial score (nSPS) is 10.6. The van der Waals surface area contributed by atoms with E-state index in [4.69, 9.17) is 14.2 Å². The largest absolute Gasteiger partial charge is 0.490 e. The lowest BCUT2D eigenvalue weighted by atomic mass is 10.2. The van der Waals surface area contributed by atoms with Crippen LogP contribution in [-0.4, -0.2) is 50.9 Å². The molecule has 1 aromatic rings. The predicted molar refractivity (Wildman–Crippen MR) is 90.5 cm³/mol. The van der Waals surface area contributed by atoms with Crippen LogP contribution in [0.2, 0.25) is 0 Å². The number of nitrogens with zero attached hydrogens (tertiary/aromatic N) is 1. The van der Waals surface area contributed by atoms with Crippen molar-refractivity contribution in [1.29, 1.82) is 0 Å². The molecule has 0 N–H and O–H groups in total. The van der Waals surface area contributed by atoms with Crippen molar-refractivity contribution in [1.82, 2.24) is 4.90 Å². The van der Waals surface area contributed by atoms with Gasteiger partial charge in [-0.25, -0.2) is 0 Å². The van der Waals surface area contributed by atoms with Gasteiger partial charge in [0.05, 0.1) is 19.6 Å². The molecular formula is C18H27NO4. The molecule has 0 saturated carbocycles. The fourth-order valence-corrected chi connectivity index (χ4v) is 2.08. The highest BCUT2D eigenvalue weighted by Gasteiger charge is 2.10. The van der Waals surface area contributed by atoms with E-state index in [-0.39, 0.29) is 5.97 Å². The topological polar surface area (TPSA) is 48.0 Å². The Balaban J connectivity index is 2.54. The number of carbonyl (C=O) groups is 1. The predicted octanol–water partition coefficient (Wildman–Crippen LogP) is 2.65. The van der Waals surface area contributed by atoms with Gasteiger partial charge >= 0.3 is 5.97 Å². The van der Waals surface area contributed by atoms with Gasteiger partial charge in [0, 0.05) is 26.7 Å². The summed E-state index contributed by atoms with van der Waals surface area (Å²) in [4.78, 5) is 13.7. The van der Waals surface area contributed by atoms with Gasteiger partial charge in [0.2, 0.25) is 0 Å². The number of carbonyl (C=O) groups excluding carboxylic acids is 1. The van der Waals surface area contributed by atoms with E-state index in [1.54, 1.807) is 13.2 Å². The Hall–Kier alpha value is -1.85. The number of hydrogen-bond donors (Lipinski definition) is 0. The number of hydrogen-bond acceptors (Lipinski definition) is 5. The van der Waals surface area contributed by atoms with Crippen molar-refractivity contribution in [3.63, 3.8) is 0 Å². The molecule has 0 aromatic heterocycles. The Morgan fingerprint density at radius 1 is 1.26 bits per heavy atom. The van der Waals surface area contributed by atoms with Gasteiger partial charge in [0.25, 0.3) is 0 Å². The van der Waals surface area contributed by atoms with Crippen LogP contribution in [0.1, 0.15) is 18.9 Å². The molecule has 0 aliphatic carbocycles. The second-order valence-corrected chi connectivity index (χ2v) is 5.07. The molecule has 0 atom stereocenters. The lowest BCUT2D eigenvalue weighted by Gasteiger charge is -2.21. The van der Waals surface area contributed by atoms with Crippen LogP contribution in [0, 0.1) is 0 Å². The molecule has 5 heteroatoms. The average Bonchev–Trinajstić information content (AvgIpc) is 2.57. The Morgan fingerprint density at radius 2 is 2.00 bits per heavy atom. The van der Waals surface area contributed by atoms with E-state index in [0.717, 1.165) is 24.4 Å². The molecule has 1 rings (SSSR count). The fourth-order valence-electron chi connectivity index (χ4n) is 2.08. The third kappa shape index (κ3) is 8.38. The Morgan fingerprint density at radius 3 is 2.61 bits per heavy atom. The van der Waals surface area contributed by atoms with E-state index in [2.05, 4.69) is 11.5 Å². The zero-order chi connectivity index (χ0) is 16.9. The van der Waals surface area contributed by atoms with Gasteiger partial charge in [-0.1, -0.05) is 24.8 Å². The lowest BCUT2D eigenvalue weighted by Crippen LogP contribution is -2.29. The zero-order valence-corrected chi connectivity index (χ0v) is 14.1. The van der Waals surface area contributed by atoms with Crippen LogP contribution in [0.4, 0.5) is 0 Å². The van der Waals surface area contributed by atoms with Crippen molar-refractivity contribution in [2.45, 2.75) is 19.9 Å². The lowest BCUT2D eigenvalue weighted by molar-refractivity contribution is -0.143. The average molecular weight is 321 g/mol. The summed E-state index contributed by atoms with van der Waals surface area (Å²) in [6, 6.07) is 7.95. The molecule has 0 unspecified atom stereocenters. The van der Waals surface area contributed by atoms with Gasteiger partial charge in [0.15, 0.2) is 0 Å². The third-order valence-electron chi connectivity index (χ3n) is 3.25. The summed E-state index contributed by atoms with van der Waals surface area (Å²) in [5, 5.41) is 0. The maximum absolute atomic E-state index is 11.5. The molecule has 0 aliphatic heterocycles. The first kappa shape index (κ1) is 19.2. The van der Waals surface area contributed by atoms with Crippen LogP contribution >= 0.6 is 0 Å². The molecular weight excluding hydrogens is 294 g/mol. The molecule has 1 aromatic carbocycles. The highest BCUT2D eigenvalue weighted by atomic mass is 16.5. The molecule has 0 heterocycles. The monoisotopic (exact) mass is 321 g/mol. The SMILES string of the molecule is C=CCOc1ccc(CN(CCOC)CCC(=O)OCC)cc1. The third-order valence-corrected chi connectivity index (χ3v) is 3.25. The van der Waals surface area contributed by atoms with E-state index in [1.807, 2.05) is 31.2 Å². The molecule has 128 valence electrons. The van der Waals surface area contributed by atoms with E-state index < -0.39 is 0 Å². The Labute approximate surface area is 138 Å². The minimum atomic E-state index is -0.164. The van der Waals surface area contributed by atoms with Gasteiger partial charge in [-0.15, -0.1) is 0 Å². The standard InChI is InChI=1S/C18H27NO4/c1-4-13-23-17-8-6-16(7-9-17)15-19(12-14-21-3)11-10-18(20)22-5-2/h4,6-9H,1,5,10-15H2,2-3H3. The minimum absolute atomic E-state index is 0.164. The van der Waals surface area contributed by atoms with Gasteiger partial charge in [-0.3, -0.25) is 9.69 Å². The van der Waals surface area contributed by atoms with Gasteiger partial charge in [-0.2, -0.15) is 0 Å². The second-order valence-electron chi connectivity index (χ2n) is 5.07. The summed E-state index contributed by atoms with van der Waals surface area (Å²) in [5.74, 6) is 0.659. The highest BCUT2D eigenvalue weighted by Crippen LogP contribution is 2.14. The van der Waals surface area contributed by atoms with Crippen LogP contribution in [-0.2, 0) is 20.8 Å². The van der Waals surface area contributed by atoms with Crippen molar-refractivity contribution in [2.24, 2.45) is 0 Å². The molecule has 0 amide bonds. The van der Waals surface area contributed by atoms with E-state index >= 15 is 0 Å². The van der Waals surface area contributed by atoms with Crippen molar-refractivity contribution in [3.05, 3.63) is 42.5 Å². The van der Waals surface area contributed by atoms with Crippen molar-refractivity contribution in [2.75, 3.05) is 40.0 Å². The molecule has 0 radical (unpaired) electrons. The summed E-state index contributed by atoms with van der Waals surface area (Å²) in [5.41, 5.74) is 1.16. The zero-order valence-electron chi connectivity index (χ0n) is 14.1. The molecule has 5 nitrogen and oxygen atoms in total. The van der Waals surface area contributed by atoms with Crippen LogP contribution < -0.4 is 4.74 Å². The van der Waals surface area contributed by atoms with Crippen molar-refractivity contribution >= 4 is 5.97 Å². The van der Waals surface area contributed by atoms with Crippen LogP contribution in [0.3, 0.4) is 0 Å². The van der Waals surface area contributed by atoms with E-state index in [0.29, 0.717) is 32.8 Å². The number of benzene rings is 1. The molecule has 0 spiro atoms. The maximum atomic E-state index is 11.5. The molecule has 0 aliphatic rings. The number of ether oxygens (including phenoxy) is 3. The summed E-state index contributed by atoms with van der Waals surface area (Å²) in [6.45, 7) is 9.16. The highest BCUT2D eigenvalue weighted by molar-refractivity contribution is 5.69. The van der Waals surface area contributed by atoms with Crippen LogP contribution in [0.15, 0.2) is 36.9 Å². The maximum Gasteiger partial charge on any atom is 0.307 e. The van der Waals surface area contributed by atoms with Crippen molar-refractivity contribution < 1.29 is 19.0 Å². The van der Waals surface area contributed by atoms with E-state index in [9.17, 15) is 4.79 Å². The smallest absolute Gasteiger partial charge is 0.307 e. The summed E-state index contributed by atoms with van der Waals surface area (Å²) in [7, 11) is 1.68. The molecule has 23 heavy (non-hydrogen) atoms.